The number of carbonyl (C=O) groups is 3. The third-order valence-corrected chi connectivity index (χ3v) is 4.39. The molecule has 0 saturated carbocycles. The molecule has 7 heteroatoms. The Morgan fingerprint density at radius 2 is 1.54 bits per heavy atom. The van der Waals surface area contributed by atoms with Crippen molar-refractivity contribution in [1.82, 2.24) is 5.32 Å². The molecule has 0 bridgehead atoms. The number of carbonyl (C=O) groups excluding carboxylic acids is 2. The second-order valence-corrected chi connectivity index (χ2v) is 6.84. The lowest BCUT2D eigenvalue weighted by atomic mass is 10.1. The zero-order chi connectivity index (χ0) is 20.6. The summed E-state index contributed by atoms with van der Waals surface area (Å²) in [7, 11) is 0. The van der Waals surface area contributed by atoms with Crippen LogP contribution >= 0.6 is 0 Å². The van der Waals surface area contributed by atoms with E-state index in [1.165, 1.54) is 0 Å². The van der Waals surface area contributed by atoms with Crippen LogP contribution in [-0.4, -0.2) is 35.5 Å². The monoisotopic (exact) mass is 392 g/mol. The number of carboxylic acid groups (broad SMARTS) is 1. The molecule has 2 amide bonds. The Hall–Kier alpha value is -2.57. The number of nitrogens with two attached hydrogens (primary N) is 1. The van der Waals surface area contributed by atoms with Crippen LogP contribution in [0.3, 0.4) is 0 Å². The standard InChI is InChI=1S/C21H32N2O5/c22-21(27)18(14-15-20(25)26)23-19(24)13-9-4-2-1-3-5-10-16-28-17-11-7-6-8-12-17/h6-8,11-12,18H,1-5,9-10,13-16H2,(H2,22,27)(H,23,24)(H,25,26)/t18-/m0/s1. The van der Waals surface area contributed by atoms with Gasteiger partial charge in [-0.3, -0.25) is 14.4 Å². The number of aliphatic carboxylic acids is 1. The van der Waals surface area contributed by atoms with Crippen LogP contribution < -0.4 is 15.8 Å². The van der Waals surface area contributed by atoms with E-state index in [9.17, 15) is 14.4 Å². The highest BCUT2D eigenvalue weighted by atomic mass is 16.5. The van der Waals surface area contributed by atoms with Crippen molar-refractivity contribution >= 4 is 17.8 Å². The molecule has 0 saturated heterocycles. The van der Waals surface area contributed by atoms with Gasteiger partial charge in [0.2, 0.25) is 11.8 Å². The summed E-state index contributed by atoms with van der Waals surface area (Å²) in [5.41, 5.74) is 5.19. The highest BCUT2D eigenvalue weighted by Crippen LogP contribution is 2.11. The number of rotatable bonds is 16. The topological polar surface area (TPSA) is 119 Å². The molecule has 0 heterocycles. The predicted octanol–water partition coefficient (Wildman–Crippen LogP) is 3.02. The third-order valence-electron chi connectivity index (χ3n) is 4.39. The van der Waals surface area contributed by atoms with Gasteiger partial charge in [-0.1, -0.05) is 50.3 Å². The molecule has 0 aliphatic heterocycles. The van der Waals surface area contributed by atoms with E-state index in [1.807, 2.05) is 30.3 Å². The number of unbranched alkanes of at least 4 members (excludes halogenated alkanes) is 6. The lowest BCUT2D eigenvalue weighted by Gasteiger charge is -2.14. The molecule has 7 nitrogen and oxygen atoms in total. The molecule has 28 heavy (non-hydrogen) atoms. The van der Waals surface area contributed by atoms with Gasteiger partial charge in [0.25, 0.3) is 0 Å². The number of nitrogens with one attached hydrogen (secondary N) is 1. The van der Waals surface area contributed by atoms with Gasteiger partial charge < -0.3 is 20.9 Å². The molecule has 4 N–H and O–H groups in total. The maximum Gasteiger partial charge on any atom is 0.303 e. The van der Waals surface area contributed by atoms with Crippen molar-refractivity contribution in [3.05, 3.63) is 30.3 Å². The second kappa shape index (κ2) is 14.5. The largest absolute Gasteiger partial charge is 0.494 e. The van der Waals surface area contributed by atoms with Gasteiger partial charge in [0.1, 0.15) is 11.8 Å². The lowest BCUT2D eigenvalue weighted by molar-refractivity contribution is -0.137. The summed E-state index contributed by atoms with van der Waals surface area (Å²) in [5.74, 6) is -1.08. The van der Waals surface area contributed by atoms with Crippen LogP contribution in [0.25, 0.3) is 0 Å². The number of ether oxygens (including phenoxy) is 1. The van der Waals surface area contributed by atoms with Crippen LogP contribution in [0.2, 0.25) is 0 Å². The highest BCUT2D eigenvalue weighted by molar-refractivity contribution is 5.86. The van der Waals surface area contributed by atoms with Gasteiger partial charge in [-0.15, -0.1) is 0 Å². The minimum Gasteiger partial charge on any atom is -0.494 e. The van der Waals surface area contributed by atoms with E-state index < -0.39 is 17.9 Å². The lowest BCUT2D eigenvalue weighted by Crippen LogP contribution is -2.44. The Morgan fingerprint density at radius 3 is 2.14 bits per heavy atom. The first-order valence-electron chi connectivity index (χ1n) is 9.97. The number of benzene rings is 1. The second-order valence-electron chi connectivity index (χ2n) is 6.84. The third kappa shape index (κ3) is 11.9. The maximum absolute atomic E-state index is 11.8. The minimum absolute atomic E-state index is 0.0182. The Bertz CT molecular complexity index is 592. The predicted molar refractivity (Wildman–Crippen MR) is 107 cm³/mol. The number of hydrogen-bond acceptors (Lipinski definition) is 4. The number of hydrogen-bond donors (Lipinski definition) is 3. The molecule has 0 aliphatic carbocycles. The van der Waals surface area contributed by atoms with Crippen LogP contribution in [0.15, 0.2) is 30.3 Å². The summed E-state index contributed by atoms with van der Waals surface area (Å²) in [6.07, 6.45) is 7.30. The van der Waals surface area contributed by atoms with E-state index in [2.05, 4.69) is 5.32 Å². The summed E-state index contributed by atoms with van der Waals surface area (Å²) in [4.78, 5) is 33.7. The summed E-state index contributed by atoms with van der Waals surface area (Å²) in [6.45, 7) is 0.729. The first-order valence-corrected chi connectivity index (χ1v) is 9.97. The van der Waals surface area contributed by atoms with Crippen LogP contribution in [0, 0.1) is 0 Å². The molecule has 1 aromatic carbocycles. The van der Waals surface area contributed by atoms with E-state index in [4.69, 9.17) is 15.6 Å². The Labute approximate surface area is 166 Å². The van der Waals surface area contributed by atoms with Crippen molar-refractivity contribution in [2.45, 2.75) is 70.3 Å². The van der Waals surface area contributed by atoms with E-state index >= 15 is 0 Å². The van der Waals surface area contributed by atoms with Gasteiger partial charge in [-0.25, -0.2) is 0 Å². The normalized spacial score (nSPS) is 11.6. The van der Waals surface area contributed by atoms with Gasteiger partial charge in [-0.05, 0) is 31.4 Å². The molecule has 0 aliphatic rings. The summed E-state index contributed by atoms with van der Waals surface area (Å²) in [6, 6.07) is 8.87. The van der Waals surface area contributed by atoms with E-state index in [-0.39, 0.29) is 18.7 Å². The molecule has 0 spiro atoms. The van der Waals surface area contributed by atoms with Gasteiger partial charge in [0.05, 0.1) is 6.61 Å². The fraction of sp³-hybridized carbons (Fsp3) is 0.571. The highest BCUT2D eigenvalue weighted by Gasteiger charge is 2.18. The fourth-order valence-electron chi connectivity index (χ4n) is 2.80. The maximum atomic E-state index is 11.8. The smallest absolute Gasteiger partial charge is 0.303 e. The van der Waals surface area contributed by atoms with E-state index in [0.29, 0.717) is 6.42 Å². The van der Waals surface area contributed by atoms with Gasteiger partial charge in [0, 0.05) is 12.8 Å². The number of carboxylic acids is 1. The van der Waals surface area contributed by atoms with Crippen molar-refractivity contribution < 1.29 is 24.2 Å². The first-order chi connectivity index (χ1) is 13.5. The van der Waals surface area contributed by atoms with Crippen molar-refractivity contribution in [1.29, 1.82) is 0 Å². The quantitative estimate of drug-likeness (QED) is 0.374. The van der Waals surface area contributed by atoms with Gasteiger partial charge in [-0.2, -0.15) is 0 Å². The van der Waals surface area contributed by atoms with Crippen molar-refractivity contribution in [3.63, 3.8) is 0 Å². The molecular formula is C21H32N2O5. The SMILES string of the molecule is NC(=O)[C@H](CCC(=O)O)NC(=O)CCCCCCCCCOc1ccccc1. The molecule has 1 atom stereocenters. The van der Waals surface area contributed by atoms with Crippen molar-refractivity contribution in [2.75, 3.05) is 6.61 Å². The molecule has 0 aromatic heterocycles. The molecule has 1 aromatic rings. The molecule has 1 rings (SSSR count). The number of para-hydroxylation sites is 1. The van der Waals surface area contributed by atoms with E-state index in [0.717, 1.165) is 57.3 Å². The summed E-state index contributed by atoms with van der Waals surface area (Å²) in [5, 5.41) is 11.2. The molecule has 0 radical (unpaired) electrons. The minimum atomic E-state index is -1.02. The van der Waals surface area contributed by atoms with Crippen LogP contribution in [-0.2, 0) is 14.4 Å². The molecule has 0 unspecified atom stereocenters. The number of amides is 2. The average Bonchev–Trinajstić information content (AvgIpc) is 2.67. The molecule has 156 valence electrons. The van der Waals surface area contributed by atoms with Crippen molar-refractivity contribution in [3.8, 4) is 5.75 Å². The summed E-state index contributed by atoms with van der Waals surface area (Å²) >= 11 is 0. The summed E-state index contributed by atoms with van der Waals surface area (Å²) < 4.78 is 5.65. The first kappa shape index (κ1) is 23.5. The Balaban J connectivity index is 1.97. The van der Waals surface area contributed by atoms with E-state index in [1.54, 1.807) is 0 Å². The van der Waals surface area contributed by atoms with Gasteiger partial charge in [0.15, 0.2) is 0 Å². The van der Waals surface area contributed by atoms with Crippen LogP contribution in [0.1, 0.15) is 64.2 Å². The van der Waals surface area contributed by atoms with Crippen LogP contribution in [0.4, 0.5) is 0 Å². The van der Waals surface area contributed by atoms with Crippen molar-refractivity contribution in [2.24, 2.45) is 5.73 Å². The Morgan fingerprint density at radius 1 is 0.929 bits per heavy atom. The fourth-order valence-corrected chi connectivity index (χ4v) is 2.80. The zero-order valence-electron chi connectivity index (χ0n) is 16.4. The molecule has 0 fully saturated rings. The average molecular weight is 392 g/mol. The molecular weight excluding hydrogens is 360 g/mol. The van der Waals surface area contributed by atoms with Gasteiger partial charge >= 0.3 is 5.97 Å². The Kier molecular flexibility index (Phi) is 12.1. The number of primary amides is 1. The van der Waals surface area contributed by atoms with Crippen LogP contribution in [0.5, 0.6) is 5.75 Å². The zero-order valence-corrected chi connectivity index (χ0v) is 16.4.